The van der Waals surface area contributed by atoms with Crippen LogP contribution < -0.4 is 4.74 Å². The van der Waals surface area contributed by atoms with Crippen LogP contribution in [0.2, 0.25) is 0 Å². The van der Waals surface area contributed by atoms with Gasteiger partial charge in [0.25, 0.3) is 0 Å². The molecule has 1 fully saturated rings. The molecule has 10 heteroatoms. The zero-order valence-electron chi connectivity index (χ0n) is 16.3. The lowest BCUT2D eigenvalue weighted by atomic mass is 10.0. The molecule has 0 spiro atoms. The van der Waals surface area contributed by atoms with E-state index in [0.717, 1.165) is 5.56 Å². The third-order valence-corrected chi connectivity index (χ3v) is 6.14. The van der Waals surface area contributed by atoms with E-state index < -0.39 is 23.3 Å². The van der Waals surface area contributed by atoms with Gasteiger partial charge in [-0.1, -0.05) is 17.2 Å². The highest BCUT2D eigenvalue weighted by atomic mass is 32.2. The number of fused-ring (bicyclic) bond motifs is 1. The summed E-state index contributed by atoms with van der Waals surface area (Å²) in [6.07, 6.45) is 0. The second kappa shape index (κ2) is 8.17. The van der Waals surface area contributed by atoms with Crippen molar-refractivity contribution in [1.82, 2.24) is 4.90 Å². The van der Waals surface area contributed by atoms with Gasteiger partial charge >= 0.3 is 5.97 Å². The van der Waals surface area contributed by atoms with Crippen LogP contribution in [0, 0.1) is 6.92 Å². The van der Waals surface area contributed by atoms with E-state index in [4.69, 9.17) is 19.4 Å². The van der Waals surface area contributed by atoms with Crippen molar-refractivity contribution in [2.75, 3.05) is 12.9 Å². The molecule has 1 saturated heterocycles. The maximum Gasteiger partial charge on any atom is 0.355 e. The van der Waals surface area contributed by atoms with E-state index in [1.807, 2.05) is 0 Å². The lowest BCUT2D eigenvalue weighted by Gasteiger charge is -2.47. The van der Waals surface area contributed by atoms with Gasteiger partial charge in [-0.25, -0.2) is 4.79 Å². The number of rotatable bonds is 6. The van der Waals surface area contributed by atoms with Crippen molar-refractivity contribution >= 4 is 29.2 Å². The zero-order valence-corrected chi connectivity index (χ0v) is 17.1. The molecular weight excluding hydrogens is 408 g/mol. The molecule has 154 valence electrons. The molecule has 30 heavy (non-hydrogen) atoms. The van der Waals surface area contributed by atoms with Crippen molar-refractivity contribution in [1.29, 1.82) is 0 Å². The van der Waals surface area contributed by atoms with Gasteiger partial charge in [-0.05, 0) is 42.3 Å². The smallest absolute Gasteiger partial charge is 0.355 e. The van der Waals surface area contributed by atoms with Crippen molar-refractivity contribution < 1.29 is 23.5 Å². The molecule has 0 bridgehead atoms. The summed E-state index contributed by atoms with van der Waals surface area (Å²) in [6.45, 7) is 1.84. The SMILES string of the molecule is COc1ccc(COC(=O)C2=C(c3ccc(C)o3)CS[C@H]3[C@@H](N=[N+]=[N-])C(=O)N23)cc1. The van der Waals surface area contributed by atoms with Crippen molar-refractivity contribution in [2.24, 2.45) is 5.11 Å². The maximum atomic E-state index is 13.0. The van der Waals surface area contributed by atoms with E-state index >= 15 is 0 Å². The summed E-state index contributed by atoms with van der Waals surface area (Å²) >= 11 is 1.42. The molecule has 2 aliphatic heterocycles. The first-order chi connectivity index (χ1) is 14.5. The third-order valence-electron chi connectivity index (χ3n) is 4.88. The second-order valence-corrected chi connectivity index (χ2v) is 7.83. The summed E-state index contributed by atoms with van der Waals surface area (Å²) in [6, 6.07) is 9.86. The van der Waals surface area contributed by atoms with Gasteiger partial charge in [0.05, 0.1) is 7.11 Å². The Balaban J connectivity index is 1.62. The van der Waals surface area contributed by atoms with Crippen LogP contribution in [-0.2, 0) is 20.9 Å². The standard InChI is InChI=1S/C20H18N4O5S/c1-11-3-8-15(29-11)14-10-30-19-16(22-23-21)18(25)24(19)17(14)20(26)28-9-12-4-6-13(27-2)7-5-12/h3-8,16,19H,9-10H2,1-2H3/t16-,19-/m0/s1. The minimum absolute atomic E-state index is 0.0381. The molecule has 0 aliphatic carbocycles. The van der Waals surface area contributed by atoms with E-state index in [1.54, 1.807) is 50.4 Å². The van der Waals surface area contributed by atoms with Gasteiger partial charge in [0.15, 0.2) is 0 Å². The molecule has 9 nitrogen and oxygen atoms in total. The summed E-state index contributed by atoms with van der Waals surface area (Å²) in [5.74, 6) is 1.26. The molecule has 0 radical (unpaired) electrons. The second-order valence-electron chi connectivity index (χ2n) is 6.72. The molecular formula is C20H18N4O5S. The predicted octanol–water partition coefficient (Wildman–Crippen LogP) is 3.65. The first-order valence-corrected chi connectivity index (χ1v) is 10.2. The van der Waals surface area contributed by atoms with Crippen molar-refractivity contribution in [2.45, 2.75) is 24.9 Å². The Labute approximate surface area is 176 Å². The summed E-state index contributed by atoms with van der Waals surface area (Å²) in [7, 11) is 1.57. The first-order valence-electron chi connectivity index (χ1n) is 9.12. The molecule has 0 saturated carbocycles. The highest BCUT2D eigenvalue weighted by molar-refractivity contribution is 8.00. The number of furan rings is 1. The van der Waals surface area contributed by atoms with Gasteiger partial charge in [0, 0.05) is 16.2 Å². The number of nitrogens with zero attached hydrogens (tertiary/aromatic N) is 4. The number of azide groups is 1. The summed E-state index contributed by atoms with van der Waals surface area (Å²) in [4.78, 5) is 29.7. The molecule has 4 rings (SSSR count). The number of esters is 1. The quantitative estimate of drug-likeness (QED) is 0.229. The normalized spacial score (nSPS) is 20.2. The van der Waals surface area contributed by atoms with Crippen LogP contribution in [0.3, 0.4) is 0 Å². The first kappa shape index (κ1) is 19.9. The number of methoxy groups -OCH3 is 1. The molecule has 1 amide bonds. The Hall–Kier alpha value is -3.36. The molecule has 3 heterocycles. The van der Waals surface area contributed by atoms with Gasteiger partial charge in [-0.15, -0.1) is 11.8 Å². The van der Waals surface area contributed by atoms with Gasteiger partial charge < -0.3 is 13.9 Å². The number of carbonyl (C=O) groups excluding carboxylic acids is 2. The Bertz CT molecular complexity index is 1070. The number of hydrogen-bond acceptors (Lipinski definition) is 7. The lowest BCUT2D eigenvalue weighted by Crippen LogP contribution is -2.63. The van der Waals surface area contributed by atoms with Crippen LogP contribution in [0.4, 0.5) is 0 Å². The number of benzene rings is 1. The van der Waals surface area contributed by atoms with E-state index in [9.17, 15) is 9.59 Å². The predicted molar refractivity (Wildman–Crippen MR) is 109 cm³/mol. The van der Waals surface area contributed by atoms with Crippen molar-refractivity contribution in [3.63, 3.8) is 0 Å². The zero-order chi connectivity index (χ0) is 21.3. The Kier molecular flexibility index (Phi) is 5.43. The Morgan fingerprint density at radius 3 is 2.73 bits per heavy atom. The Morgan fingerprint density at radius 2 is 2.10 bits per heavy atom. The van der Waals surface area contributed by atoms with E-state index in [-0.39, 0.29) is 12.3 Å². The summed E-state index contributed by atoms with van der Waals surface area (Å²) in [5, 5.41) is 3.13. The molecule has 2 atom stereocenters. The maximum absolute atomic E-state index is 13.0. The molecule has 0 unspecified atom stereocenters. The van der Waals surface area contributed by atoms with Crippen LogP contribution in [0.1, 0.15) is 17.1 Å². The van der Waals surface area contributed by atoms with Crippen LogP contribution in [0.25, 0.3) is 16.0 Å². The largest absolute Gasteiger partial charge is 0.497 e. The number of aryl methyl sites for hydroxylation is 1. The minimum atomic E-state index is -0.829. The number of ether oxygens (including phenoxy) is 2. The Morgan fingerprint density at radius 1 is 1.33 bits per heavy atom. The number of amides is 1. The van der Waals surface area contributed by atoms with Crippen LogP contribution >= 0.6 is 11.8 Å². The van der Waals surface area contributed by atoms with Crippen LogP contribution in [0.15, 0.2) is 51.6 Å². The van der Waals surface area contributed by atoms with Gasteiger partial charge in [-0.2, -0.15) is 0 Å². The average molecular weight is 426 g/mol. The van der Waals surface area contributed by atoms with Crippen molar-refractivity contribution in [3.05, 3.63) is 69.6 Å². The van der Waals surface area contributed by atoms with E-state index in [2.05, 4.69) is 10.0 Å². The highest BCUT2D eigenvalue weighted by Gasteiger charge is 2.54. The number of hydrogen-bond donors (Lipinski definition) is 0. The topological polar surface area (TPSA) is 118 Å². The molecule has 2 aliphatic rings. The highest BCUT2D eigenvalue weighted by Crippen LogP contribution is 2.45. The molecule has 0 N–H and O–H groups in total. The summed E-state index contributed by atoms with van der Waals surface area (Å²) in [5.41, 5.74) is 10.2. The summed E-state index contributed by atoms with van der Waals surface area (Å²) < 4.78 is 16.3. The fraction of sp³-hybridized carbons (Fsp3) is 0.300. The van der Waals surface area contributed by atoms with E-state index in [1.165, 1.54) is 16.7 Å². The molecule has 2 aromatic rings. The van der Waals surface area contributed by atoms with Gasteiger partial charge in [0.2, 0.25) is 5.91 Å². The van der Waals surface area contributed by atoms with Gasteiger partial charge in [0.1, 0.15) is 41.0 Å². The molecule has 1 aromatic carbocycles. The van der Waals surface area contributed by atoms with E-state index in [0.29, 0.717) is 28.6 Å². The van der Waals surface area contributed by atoms with Gasteiger partial charge in [-0.3, -0.25) is 9.69 Å². The number of carbonyl (C=O) groups is 2. The average Bonchev–Trinajstić information content (AvgIpc) is 3.21. The fourth-order valence-corrected chi connectivity index (χ4v) is 4.67. The number of β-lactam (4-membered cyclic amide) rings is 1. The van der Waals surface area contributed by atoms with Crippen LogP contribution in [-0.4, -0.2) is 41.1 Å². The lowest BCUT2D eigenvalue weighted by molar-refractivity contribution is -0.151. The number of thioether (sulfide) groups is 1. The monoisotopic (exact) mass is 426 g/mol. The fourth-order valence-electron chi connectivity index (χ4n) is 3.34. The van der Waals surface area contributed by atoms with Crippen molar-refractivity contribution in [3.8, 4) is 5.75 Å². The molecule has 1 aromatic heterocycles. The third kappa shape index (κ3) is 3.51. The minimum Gasteiger partial charge on any atom is -0.497 e. The van der Waals surface area contributed by atoms with Crippen LogP contribution in [0.5, 0.6) is 5.75 Å².